The molecule has 0 unspecified atom stereocenters. The van der Waals surface area contributed by atoms with Crippen molar-refractivity contribution in [2.24, 2.45) is 0 Å². The summed E-state index contributed by atoms with van der Waals surface area (Å²) >= 11 is 0. The van der Waals surface area contributed by atoms with Crippen LogP contribution in [0.4, 0.5) is 0 Å². The minimum atomic E-state index is 0. The van der Waals surface area contributed by atoms with Gasteiger partial charge in [-0.2, -0.15) is 0 Å². The maximum atomic E-state index is 0. The van der Waals surface area contributed by atoms with E-state index in [0.29, 0.717) is 0 Å². The van der Waals surface area contributed by atoms with Crippen LogP contribution in [0.5, 0.6) is 0 Å². The van der Waals surface area contributed by atoms with Gasteiger partial charge in [0.2, 0.25) is 0 Å². The summed E-state index contributed by atoms with van der Waals surface area (Å²) in [6.45, 7) is 0. The van der Waals surface area contributed by atoms with E-state index in [2.05, 4.69) is 0 Å². The van der Waals surface area contributed by atoms with Crippen LogP contribution >= 0.6 is 0 Å². The first-order valence-corrected chi connectivity index (χ1v) is 0. The fourth-order valence-electron chi connectivity index (χ4n) is 0. The van der Waals surface area contributed by atoms with Gasteiger partial charge in [0.25, 0.3) is 0 Å². The summed E-state index contributed by atoms with van der Waals surface area (Å²) in [7, 11) is 0. The van der Waals surface area contributed by atoms with Crippen LogP contribution in [0.25, 0.3) is 0 Å². The van der Waals surface area contributed by atoms with Gasteiger partial charge in [0.15, 0.2) is 0 Å². The number of rotatable bonds is 0. The third-order valence-corrected chi connectivity index (χ3v) is 0. The summed E-state index contributed by atoms with van der Waals surface area (Å²) in [4.78, 5) is 0. The maximum Gasteiger partial charge on any atom is 3.00 e. The van der Waals surface area contributed by atoms with Crippen molar-refractivity contribution in [3.8, 4) is 0 Å². The first-order chi connectivity index (χ1) is 0. The van der Waals surface area contributed by atoms with Crippen LogP contribution < -0.4 is 0 Å². The van der Waals surface area contributed by atoms with Crippen LogP contribution in [0.15, 0.2) is 0 Å². The summed E-state index contributed by atoms with van der Waals surface area (Å²) < 4.78 is 0. The smallest absolute Gasteiger partial charge is 3.00 e. The molecule has 0 N–H and O–H groups in total. The predicted molar refractivity (Wildman–Crippen MR) is 5.75 cm³/mol. The van der Waals surface area contributed by atoms with Crippen LogP contribution in [0, 0.1) is 0 Å². The topological polar surface area (TPSA) is 0 Å². The molecule has 0 spiro atoms. The Balaban J connectivity index is 0. The fraction of sp³-hybridized carbons (Fsp3) is 0. The Labute approximate surface area is 67.8 Å². The van der Waals surface area contributed by atoms with Crippen LogP contribution in [-0.2, 0) is 50.9 Å². The number of hydrogen-bond acceptors (Lipinski definition) is 0. The molecular formula is AlCrFeNi+2. The van der Waals surface area contributed by atoms with E-state index < -0.39 is 0 Å². The SMILES string of the molecule is [Al+3].[Cr+3].[Fe-6].[Ni+2]. The van der Waals surface area contributed by atoms with Gasteiger partial charge in [-0.15, -0.1) is 0 Å². The van der Waals surface area contributed by atoms with Crippen LogP contribution in [0.1, 0.15) is 0 Å². The van der Waals surface area contributed by atoms with E-state index in [9.17, 15) is 0 Å². The van der Waals surface area contributed by atoms with Crippen molar-refractivity contribution >= 4 is 17.4 Å². The third kappa shape index (κ3) is 8.95. The van der Waals surface area contributed by atoms with Gasteiger partial charge in [0.05, 0.1) is 0 Å². The molecule has 0 aliphatic carbocycles. The standard InChI is InChI=1S/Al.Cr.Fe.Ni/q2*+3;-6;+2. The first kappa shape index (κ1) is 36.3. The maximum absolute atomic E-state index is 0. The number of hydrogen-bond donors (Lipinski definition) is 0. The zero-order valence-electron chi connectivity index (χ0n) is 1.66. The Bertz CT molecular complexity index is 8.00. The second-order valence-corrected chi connectivity index (χ2v) is 0. The molecule has 0 bridgehead atoms. The molecule has 0 fully saturated rings. The average Bonchev–Trinajstić information content (AvgIpc) is 0. The van der Waals surface area contributed by atoms with Crippen molar-refractivity contribution in [1.29, 1.82) is 0 Å². The van der Waals surface area contributed by atoms with E-state index >= 15 is 0 Å². The van der Waals surface area contributed by atoms with E-state index in [-0.39, 0.29) is 68.3 Å². The quantitative estimate of drug-likeness (QED) is 0.460. The first-order valence-electron chi connectivity index (χ1n) is 0. The van der Waals surface area contributed by atoms with E-state index in [4.69, 9.17) is 0 Å². The van der Waals surface area contributed by atoms with Crippen LogP contribution in [0.2, 0.25) is 0 Å². The molecular weight excluding hydrogens is 194 g/mol. The minimum Gasteiger partial charge on any atom is -6.00 e. The minimum absolute atomic E-state index is 0. The van der Waals surface area contributed by atoms with Crippen molar-refractivity contribution in [2.75, 3.05) is 0 Å². The zero-order chi connectivity index (χ0) is 0. The van der Waals surface area contributed by atoms with Gasteiger partial charge in [0.1, 0.15) is 0 Å². The summed E-state index contributed by atoms with van der Waals surface area (Å²) in [5.41, 5.74) is 0. The van der Waals surface area contributed by atoms with Crippen molar-refractivity contribution in [1.82, 2.24) is 0 Å². The molecule has 1 radical (unpaired) electrons. The molecule has 0 heterocycles. The Morgan fingerprint density at radius 2 is 1.00 bits per heavy atom. The van der Waals surface area contributed by atoms with E-state index in [1.165, 1.54) is 0 Å². The van der Waals surface area contributed by atoms with E-state index in [1.54, 1.807) is 0 Å². The van der Waals surface area contributed by atoms with Crippen LogP contribution in [-0.4, -0.2) is 17.4 Å². The fourth-order valence-corrected chi connectivity index (χ4v) is 0. The van der Waals surface area contributed by atoms with Gasteiger partial charge in [-0.05, 0) is 0 Å². The van der Waals surface area contributed by atoms with Gasteiger partial charge in [-0.1, -0.05) is 0 Å². The molecule has 4 heteroatoms. The Morgan fingerprint density at radius 3 is 1.00 bits per heavy atom. The Morgan fingerprint density at radius 1 is 1.00 bits per heavy atom. The molecule has 0 aliphatic heterocycles. The molecule has 0 rings (SSSR count). The Hall–Kier alpha value is 2.08. The molecule has 25 valence electrons. The van der Waals surface area contributed by atoms with Gasteiger partial charge < -0.3 is 17.1 Å². The summed E-state index contributed by atoms with van der Waals surface area (Å²) in [5, 5.41) is 0. The van der Waals surface area contributed by atoms with Crippen molar-refractivity contribution in [3.05, 3.63) is 0 Å². The molecule has 0 aromatic rings. The molecule has 0 nitrogen and oxygen atoms in total. The summed E-state index contributed by atoms with van der Waals surface area (Å²) in [6, 6.07) is 0. The average molecular weight is 194 g/mol. The predicted octanol–water partition coefficient (Wildman–Crippen LogP) is -0.388. The monoisotopic (exact) mass is 193 g/mol. The third-order valence-electron chi connectivity index (χ3n) is 0. The normalized spacial score (nSPS) is 0. The molecule has 0 aliphatic rings. The van der Waals surface area contributed by atoms with Crippen molar-refractivity contribution < 1.29 is 50.9 Å². The van der Waals surface area contributed by atoms with Gasteiger partial charge in [-0.25, -0.2) is 0 Å². The van der Waals surface area contributed by atoms with Gasteiger partial charge in [-0.3, -0.25) is 0 Å². The molecule has 0 aromatic heterocycles. The van der Waals surface area contributed by atoms with Crippen molar-refractivity contribution in [2.45, 2.75) is 0 Å². The van der Waals surface area contributed by atoms with Crippen LogP contribution in [0.3, 0.4) is 0 Å². The Kier molecular flexibility index (Phi) is 177. The molecule has 0 aromatic carbocycles. The van der Waals surface area contributed by atoms with Gasteiger partial charge >= 0.3 is 51.2 Å². The second-order valence-electron chi connectivity index (χ2n) is 0. The summed E-state index contributed by atoms with van der Waals surface area (Å²) in [6.07, 6.45) is 0. The van der Waals surface area contributed by atoms with Crippen molar-refractivity contribution in [3.63, 3.8) is 0 Å². The molecule has 4 heavy (non-hydrogen) atoms. The van der Waals surface area contributed by atoms with E-state index in [0.717, 1.165) is 0 Å². The molecule has 0 saturated carbocycles. The molecule has 0 atom stereocenters. The zero-order valence-corrected chi connectivity index (χ0v) is 6.18. The summed E-state index contributed by atoms with van der Waals surface area (Å²) in [5.74, 6) is 0. The molecule has 0 saturated heterocycles. The largest absolute Gasteiger partial charge is 6.00 e. The van der Waals surface area contributed by atoms with E-state index in [1.807, 2.05) is 0 Å². The second kappa shape index (κ2) is 19.6. The molecule has 0 amide bonds. The van der Waals surface area contributed by atoms with Gasteiger partial charge in [0, 0.05) is 0 Å².